The number of hydrogen-bond donors (Lipinski definition) is 1. The van der Waals surface area contributed by atoms with Crippen LogP contribution in [-0.4, -0.2) is 33.9 Å². The molecule has 1 N–H and O–H groups in total. The molecule has 0 spiro atoms. The van der Waals surface area contributed by atoms with E-state index in [-0.39, 0.29) is 5.91 Å². The summed E-state index contributed by atoms with van der Waals surface area (Å²) in [5.41, 5.74) is 1.76. The molecule has 134 valence electrons. The first kappa shape index (κ1) is 17.9. The monoisotopic (exact) mass is 370 g/mol. The molecular weight excluding hydrogens is 352 g/mol. The van der Waals surface area contributed by atoms with E-state index in [1.54, 1.807) is 20.2 Å². The van der Waals surface area contributed by atoms with Crippen LogP contribution in [0.2, 0.25) is 0 Å². The first-order valence-electron chi connectivity index (χ1n) is 7.93. The van der Waals surface area contributed by atoms with Crippen LogP contribution in [0.1, 0.15) is 11.4 Å². The summed E-state index contributed by atoms with van der Waals surface area (Å²) in [6, 6.07) is 11.3. The van der Waals surface area contributed by atoms with Gasteiger partial charge in [-0.3, -0.25) is 4.79 Å². The smallest absolute Gasteiger partial charge is 0.259 e. The number of thioether (sulfide) groups is 1. The Balaban J connectivity index is 1.46. The number of methoxy groups -OCH3 is 1. The van der Waals surface area contributed by atoms with Crippen molar-refractivity contribution in [3.63, 3.8) is 0 Å². The number of nitrogens with one attached hydrogen (secondary N) is 1. The zero-order valence-electron chi connectivity index (χ0n) is 14.4. The van der Waals surface area contributed by atoms with Gasteiger partial charge in [0.05, 0.1) is 23.5 Å². The van der Waals surface area contributed by atoms with Crippen molar-refractivity contribution in [1.82, 2.24) is 20.4 Å². The van der Waals surface area contributed by atoms with Crippen molar-refractivity contribution in [1.29, 1.82) is 0 Å². The van der Waals surface area contributed by atoms with Gasteiger partial charge in [-0.15, -0.1) is 0 Å². The van der Waals surface area contributed by atoms with Crippen molar-refractivity contribution in [2.75, 3.05) is 12.9 Å². The molecule has 26 heavy (non-hydrogen) atoms. The maximum absolute atomic E-state index is 12.0. The number of carbonyl (C=O) groups excluding carboxylic acids is 1. The van der Waals surface area contributed by atoms with Gasteiger partial charge in [0.25, 0.3) is 5.89 Å². The highest BCUT2D eigenvalue weighted by Crippen LogP contribution is 2.20. The lowest BCUT2D eigenvalue weighted by Crippen LogP contribution is -2.24. The number of nitrogens with zero attached hydrogens (tertiary/aromatic N) is 3. The Kier molecular flexibility index (Phi) is 5.85. The van der Waals surface area contributed by atoms with Crippen molar-refractivity contribution in [2.24, 2.45) is 0 Å². The summed E-state index contributed by atoms with van der Waals surface area (Å²) in [4.78, 5) is 20.5. The van der Waals surface area contributed by atoms with Gasteiger partial charge >= 0.3 is 0 Å². The van der Waals surface area contributed by atoms with E-state index in [9.17, 15) is 4.79 Å². The molecule has 0 radical (unpaired) electrons. The number of pyridine rings is 1. The molecule has 0 aliphatic carbocycles. The fourth-order valence-corrected chi connectivity index (χ4v) is 2.81. The maximum atomic E-state index is 12.0. The van der Waals surface area contributed by atoms with Crippen LogP contribution in [0, 0.1) is 6.92 Å². The van der Waals surface area contributed by atoms with Gasteiger partial charge in [0.1, 0.15) is 5.75 Å². The number of aromatic nitrogens is 3. The molecule has 2 aromatic heterocycles. The second-order valence-corrected chi connectivity index (χ2v) is 6.44. The summed E-state index contributed by atoms with van der Waals surface area (Å²) >= 11 is 1.37. The van der Waals surface area contributed by atoms with Gasteiger partial charge < -0.3 is 14.6 Å². The van der Waals surface area contributed by atoms with E-state index in [0.717, 1.165) is 21.9 Å². The van der Waals surface area contributed by atoms with Crippen LogP contribution in [-0.2, 0) is 11.3 Å². The average Bonchev–Trinajstić information content (AvgIpc) is 3.12. The van der Waals surface area contributed by atoms with Gasteiger partial charge in [-0.2, -0.15) is 4.98 Å². The molecule has 3 rings (SSSR count). The summed E-state index contributed by atoms with van der Waals surface area (Å²) in [5, 5.41) is 7.39. The molecule has 0 fully saturated rings. The second kappa shape index (κ2) is 8.48. The Bertz CT molecular complexity index is 863. The van der Waals surface area contributed by atoms with Crippen LogP contribution in [0.5, 0.6) is 5.75 Å². The van der Waals surface area contributed by atoms with E-state index in [4.69, 9.17) is 9.26 Å². The third kappa shape index (κ3) is 4.82. The highest BCUT2D eigenvalue weighted by Gasteiger charge is 2.08. The van der Waals surface area contributed by atoms with Crippen LogP contribution in [0.25, 0.3) is 11.5 Å². The molecule has 3 aromatic rings. The number of ether oxygens (including phenoxy) is 1. The molecule has 8 heteroatoms. The number of amides is 1. The minimum Gasteiger partial charge on any atom is -0.497 e. The molecule has 1 aromatic carbocycles. The Morgan fingerprint density at radius 3 is 2.65 bits per heavy atom. The highest BCUT2D eigenvalue weighted by molar-refractivity contribution is 7.99. The summed E-state index contributed by atoms with van der Waals surface area (Å²) in [7, 11) is 1.62. The molecule has 2 heterocycles. The number of carbonyl (C=O) groups is 1. The van der Waals surface area contributed by atoms with Crippen molar-refractivity contribution in [3.8, 4) is 17.2 Å². The van der Waals surface area contributed by atoms with Crippen molar-refractivity contribution >= 4 is 17.7 Å². The lowest BCUT2D eigenvalue weighted by molar-refractivity contribution is -0.118. The number of aryl methyl sites for hydroxylation is 1. The minimum absolute atomic E-state index is 0.0516. The molecule has 0 aliphatic heterocycles. The molecule has 0 saturated heterocycles. The fourth-order valence-electron chi connectivity index (χ4n) is 2.14. The van der Waals surface area contributed by atoms with Crippen LogP contribution in [0.4, 0.5) is 0 Å². The Hall–Kier alpha value is -2.87. The molecule has 7 nitrogen and oxygen atoms in total. The predicted molar refractivity (Wildman–Crippen MR) is 97.8 cm³/mol. The van der Waals surface area contributed by atoms with Crippen molar-refractivity contribution < 1.29 is 14.1 Å². The SMILES string of the molecule is COc1ccc(CNC(=O)CSc2ccc(-c3nc(C)no3)cn2)cc1. The molecular formula is C18H18N4O3S. The van der Waals surface area contributed by atoms with Gasteiger partial charge in [0.15, 0.2) is 5.82 Å². The van der Waals surface area contributed by atoms with Crippen molar-refractivity contribution in [3.05, 3.63) is 54.0 Å². The van der Waals surface area contributed by atoms with Crippen LogP contribution in [0.3, 0.4) is 0 Å². The average molecular weight is 370 g/mol. The largest absolute Gasteiger partial charge is 0.497 e. The van der Waals surface area contributed by atoms with Crippen LogP contribution < -0.4 is 10.1 Å². The zero-order chi connectivity index (χ0) is 18.4. The van der Waals surface area contributed by atoms with Crippen LogP contribution in [0.15, 0.2) is 52.1 Å². The second-order valence-electron chi connectivity index (χ2n) is 5.45. The molecule has 0 atom stereocenters. The molecule has 0 unspecified atom stereocenters. The quantitative estimate of drug-likeness (QED) is 0.640. The number of rotatable bonds is 7. The number of hydrogen-bond acceptors (Lipinski definition) is 7. The highest BCUT2D eigenvalue weighted by atomic mass is 32.2. The lowest BCUT2D eigenvalue weighted by atomic mass is 10.2. The Morgan fingerprint density at radius 2 is 2.04 bits per heavy atom. The summed E-state index contributed by atoms with van der Waals surface area (Å²) < 4.78 is 10.2. The summed E-state index contributed by atoms with van der Waals surface area (Å²) in [5.74, 6) is 2.04. The first-order chi connectivity index (χ1) is 12.6. The Morgan fingerprint density at radius 1 is 1.23 bits per heavy atom. The standard InChI is InChI=1S/C18H18N4O3S/c1-12-21-18(25-22-12)14-5-8-17(20-10-14)26-11-16(23)19-9-13-3-6-15(24-2)7-4-13/h3-8,10H,9,11H2,1-2H3,(H,19,23). The van der Waals surface area contributed by atoms with Gasteiger partial charge in [0, 0.05) is 12.7 Å². The number of benzene rings is 1. The molecule has 0 bridgehead atoms. The third-order valence-electron chi connectivity index (χ3n) is 3.51. The minimum atomic E-state index is -0.0516. The van der Waals surface area contributed by atoms with Crippen LogP contribution >= 0.6 is 11.8 Å². The van der Waals surface area contributed by atoms with E-state index >= 15 is 0 Å². The maximum Gasteiger partial charge on any atom is 0.259 e. The third-order valence-corrected chi connectivity index (χ3v) is 4.45. The van der Waals surface area contributed by atoms with E-state index in [2.05, 4.69) is 20.4 Å². The van der Waals surface area contributed by atoms with Crippen molar-refractivity contribution in [2.45, 2.75) is 18.5 Å². The zero-order valence-corrected chi connectivity index (χ0v) is 15.2. The predicted octanol–water partition coefficient (Wildman–Crippen LogP) is 2.86. The summed E-state index contributed by atoms with van der Waals surface area (Å²) in [6.07, 6.45) is 1.66. The van der Waals surface area contributed by atoms with Gasteiger partial charge in [0.2, 0.25) is 5.91 Å². The lowest BCUT2D eigenvalue weighted by Gasteiger charge is -2.06. The molecule has 0 aliphatic rings. The molecule has 1 amide bonds. The van der Waals surface area contributed by atoms with E-state index in [0.29, 0.717) is 24.0 Å². The van der Waals surface area contributed by atoms with E-state index in [1.807, 2.05) is 36.4 Å². The molecule has 0 saturated carbocycles. The van der Waals surface area contributed by atoms with E-state index < -0.39 is 0 Å². The van der Waals surface area contributed by atoms with Gasteiger partial charge in [-0.05, 0) is 36.8 Å². The van der Waals surface area contributed by atoms with Gasteiger partial charge in [-0.1, -0.05) is 29.1 Å². The first-order valence-corrected chi connectivity index (χ1v) is 8.92. The Labute approximate surface area is 155 Å². The normalized spacial score (nSPS) is 10.5. The van der Waals surface area contributed by atoms with E-state index in [1.165, 1.54) is 11.8 Å². The topological polar surface area (TPSA) is 90.1 Å². The van der Waals surface area contributed by atoms with Gasteiger partial charge in [-0.25, -0.2) is 4.98 Å². The fraction of sp³-hybridized carbons (Fsp3) is 0.222. The summed E-state index contributed by atoms with van der Waals surface area (Å²) in [6.45, 7) is 2.24.